The zero-order valence-corrected chi connectivity index (χ0v) is 11.9. The van der Waals surface area contributed by atoms with Crippen molar-refractivity contribution in [2.45, 2.75) is 6.92 Å². The van der Waals surface area contributed by atoms with E-state index in [1.54, 1.807) is 0 Å². The summed E-state index contributed by atoms with van der Waals surface area (Å²) >= 11 is 0. The minimum Gasteiger partial charge on any atom is -0.358 e. The molecule has 0 unspecified atom stereocenters. The molecule has 2 heteroatoms. The molecule has 2 aromatic heterocycles. The van der Waals surface area contributed by atoms with E-state index in [2.05, 4.69) is 72.0 Å². The van der Waals surface area contributed by atoms with E-state index in [-0.39, 0.29) is 0 Å². The van der Waals surface area contributed by atoms with E-state index in [0.717, 1.165) is 16.4 Å². The van der Waals surface area contributed by atoms with Crippen molar-refractivity contribution in [3.63, 3.8) is 0 Å². The predicted molar refractivity (Wildman–Crippen MR) is 89.7 cm³/mol. The van der Waals surface area contributed by atoms with Gasteiger partial charge in [0.2, 0.25) is 0 Å². The molecule has 2 heterocycles. The third kappa shape index (κ3) is 1.80. The summed E-state index contributed by atoms with van der Waals surface area (Å²) in [5.41, 5.74) is 2.33. The molecule has 0 saturated heterocycles. The summed E-state index contributed by atoms with van der Waals surface area (Å²) < 4.78 is 0. The highest BCUT2D eigenvalue weighted by molar-refractivity contribution is 5.93. The number of aromatic nitrogens is 2. The molecule has 2 aromatic carbocycles. The predicted octanol–water partition coefficient (Wildman–Crippen LogP) is 3.20. The van der Waals surface area contributed by atoms with Crippen molar-refractivity contribution in [2.75, 3.05) is 0 Å². The average Bonchev–Trinajstić information content (AvgIpc) is 3.00. The lowest BCUT2D eigenvalue weighted by Crippen LogP contribution is -2.08. The summed E-state index contributed by atoms with van der Waals surface area (Å²) in [6.45, 7) is 6.20. The normalized spacial score (nSPS) is 12.5. The molecule has 4 aromatic rings. The minimum absolute atomic E-state index is 0.962. The summed E-state index contributed by atoms with van der Waals surface area (Å²) in [7, 11) is 0. The summed E-state index contributed by atoms with van der Waals surface area (Å²) in [6, 6.07) is 16.8. The second-order valence-electron chi connectivity index (χ2n) is 5.42. The standard InChI is InChI=1S/C19H16N2/c1-12-14-7-3-5-9-16(14)18(20-12)11-19-17-10-6-4-8-15(17)13(2)21-19/h3-11,20-21H,1H2,2H3. The van der Waals surface area contributed by atoms with Gasteiger partial charge in [0, 0.05) is 43.6 Å². The van der Waals surface area contributed by atoms with Crippen molar-refractivity contribution >= 4 is 34.2 Å². The SMILES string of the molecule is C=c1[nH]c(=Cc2[nH]c(C)c3ccccc23)c2ccccc12. The topological polar surface area (TPSA) is 31.6 Å². The Bertz CT molecular complexity index is 1060. The summed E-state index contributed by atoms with van der Waals surface area (Å²) in [6.07, 6.45) is 2.17. The number of nitrogens with one attached hydrogen (secondary N) is 2. The van der Waals surface area contributed by atoms with Crippen LogP contribution < -0.4 is 10.7 Å². The Hall–Kier alpha value is -2.74. The molecule has 4 rings (SSSR count). The molecule has 0 aliphatic rings. The lowest BCUT2D eigenvalue weighted by atomic mass is 10.1. The smallest absolute Gasteiger partial charge is 0.0485 e. The monoisotopic (exact) mass is 272 g/mol. The fraction of sp³-hybridized carbons (Fsp3) is 0.0526. The van der Waals surface area contributed by atoms with Gasteiger partial charge in [0.1, 0.15) is 0 Å². The van der Waals surface area contributed by atoms with Crippen molar-refractivity contribution in [3.05, 3.63) is 70.6 Å². The van der Waals surface area contributed by atoms with Crippen molar-refractivity contribution in [3.8, 4) is 0 Å². The Morgan fingerprint density at radius 3 is 2.19 bits per heavy atom. The average molecular weight is 272 g/mol. The highest BCUT2D eigenvalue weighted by Gasteiger charge is 2.05. The van der Waals surface area contributed by atoms with Crippen LogP contribution in [0.1, 0.15) is 11.4 Å². The van der Waals surface area contributed by atoms with Crippen molar-refractivity contribution in [1.82, 2.24) is 9.97 Å². The van der Waals surface area contributed by atoms with E-state index in [1.807, 2.05) is 6.07 Å². The van der Waals surface area contributed by atoms with Crippen LogP contribution in [0.25, 0.3) is 34.2 Å². The van der Waals surface area contributed by atoms with Gasteiger partial charge in [0.25, 0.3) is 0 Å². The molecule has 0 radical (unpaired) electrons. The molecule has 21 heavy (non-hydrogen) atoms. The molecule has 0 aliphatic carbocycles. The summed E-state index contributed by atoms with van der Waals surface area (Å²) in [4.78, 5) is 6.87. The first-order valence-electron chi connectivity index (χ1n) is 7.09. The van der Waals surface area contributed by atoms with Gasteiger partial charge in [-0.05, 0) is 13.0 Å². The lowest BCUT2D eigenvalue weighted by molar-refractivity contribution is 1.24. The third-order valence-corrected chi connectivity index (χ3v) is 4.06. The van der Waals surface area contributed by atoms with E-state index in [4.69, 9.17) is 0 Å². The van der Waals surface area contributed by atoms with Crippen LogP contribution in [0.4, 0.5) is 0 Å². The Morgan fingerprint density at radius 1 is 0.810 bits per heavy atom. The van der Waals surface area contributed by atoms with Gasteiger partial charge in [-0.25, -0.2) is 0 Å². The van der Waals surface area contributed by atoms with Crippen LogP contribution in [0.5, 0.6) is 0 Å². The molecule has 2 N–H and O–H groups in total. The second-order valence-corrected chi connectivity index (χ2v) is 5.42. The minimum atomic E-state index is 0.962. The number of H-pyrrole nitrogens is 2. The molecule has 0 fully saturated rings. The number of hydrogen-bond acceptors (Lipinski definition) is 0. The Labute approximate surface area is 122 Å². The van der Waals surface area contributed by atoms with Crippen LogP contribution in [0.15, 0.2) is 48.5 Å². The van der Waals surface area contributed by atoms with Crippen LogP contribution in [0, 0.1) is 6.92 Å². The first kappa shape index (κ1) is 12.0. The summed E-state index contributed by atoms with van der Waals surface area (Å²) in [5.74, 6) is 0. The first-order valence-corrected chi connectivity index (χ1v) is 7.09. The molecule has 2 nitrogen and oxygen atoms in total. The van der Waals surface area contributed by atoms with E-state index >= 15 is 0 Å². The first-order chi connectivity index (χ1) is 10.2. The highest BCUT2D eigenvalue weighted by atomic mass is 14.7. The third-order valence-electron chi connectivity index (χ3n) is 4.06. The van der Waals surface area contributed by atoms with E-state index in [1.165, 1.54) is 27.2 Å². The van der Waals surface area contributed by atoms with E-state index in [0.29, 0.717) is 0 Å². The maximum absolute atomic E-state index is 4.09. The molecule has 0 bridgehead atoms. The summed E-state index contributed by atoms with van der Waals surface area (Å²) in [5, 5.41) is 6.97. The van der Waals surface area contributed by atoms with E-state index < -0.39 is 0 Å². The zero-order valence-electron chi connectivity index (χ0n) is 11.9. The van der Waals surface area contributed by atoms with Gasteiger partial charge in [0.15, 0.2) is 0 Å². The van der Waals surface area contributed by atoms with Crippen molar-refractivity contribution in [1.29, 1.82) is 0 Å². The molecule has 0 spiro atoms. The number of aryl methyl sites for hydroxylation is 1. The Morgan fingerprint density at radius 2 is 1.43 bits per heavy atom. The van der Waals surface area contributed by atoms with Crippen LogP contribution in [-0.2, 0) is 0 Å². The highest BCUT2D eigenvalue weighted by Crippen LogP contribution is 2.22. The number of rotatable bonds is 1. The van der Waals surface area contributed by atoms with Gasteiger partial charge >= 0.3 is 0 Å². The quantitative estimate of drug-likeness (QED) is 0.533. The molecule has 0 aliphatic heterocycles. The van der Waals surface area contributed by atoms with Gasteiger partial charge in [-0.15, -0.1) is 0 Å². The maximum Gasteiger partial charge on any atom is 0.0485 e. The Kier molecular flexibility index (Phi) is 2.51. The molecule has 0 saturated carbocycles. The van der Waals surface area contributed by atoms with Gasteiger partial charge in [0.05, 0.1) is 0 Å². The fourth-order valence-corrected chi connectivity index (χ4v) is 3.03. The van der Waals surface area contributed by atoms with Crippen LogP contribution in [-0.4, -0.2) is 9.97 Å². The Balaban J connectivity index is 2.07. The van der Waals surface area contributed by atoms with Gasteiger partial charge in [-0.2, -0.15) is 0 Å². The molecular formula is C19H16N2. The maximum atomic E-state index is 4.09. The largest absolute Gasteiger partial charge is 0.358 e. The fourth-order valence-electron chi connectivity index (χ4n) is 3.03. The lowest BCUT2D eigenvalue weighted by Gasteiger charge is -1.91. The number of aromatic amines is 2. The molecule has 0 atom stereocenters. The second kappa shape index (κ2) is 4.38. The van der Waals surface area contributed by atoms with Gasteiger partial charge in [-0.1, -0.05) is 55.1 Å². The number of benzene rings is 2. The van der Waals surface area contributed by atoms with Crippen LogP contribution in [0.2, 0.25) is 0 Å². The zero-order chi connectivity index (χ0) is 14.4. The van der Waals surface area contributed by atoms with Gasteiger partial charge in [-0.3, -0.25) is 0 Å². The molecule has 0 amide bonds. The number of fused-ring (bicyclic) bond motifs is 2. The van der Waals surface area contributed by atoms with Crippen molar-refractivity contribution < 1.29 is 0 Å². The molecular weight excluding hydrogens is 256 g/mol. The molecule has 102 valence electrons. The van der Waals surface area contributed by atoms with Crippen LogP contribution in [0.3, 0.4) is 0 Å². The number of hydrogen-bond donors (Lipinski definition) is 2. The van der Waals surface area contributed by atoms with Gasteiger partial charge < -0.3 is 9.97 Å². The van der Waals surface area contributed by atoms with Crippen molar-refractivity contribution in [2.24, 2.45) is 0 Å². The van der Waals surface area contributed by atoms with Crippen LogP contribution >= 0.6 is 0 Å². The van der Waals surface area contributed by atoms with E-state index in [9.17, 15) is 0 Å².